The number of alkyl halides is 3. The number of halogens is 3. The lowest BCUT2D eigenvalue weighted by molar-refractivity contribution is -0.137. The molecule has 0 saturated heterocycles. The highest BCUT2D eigenvalue weighted by atomic mass is 19.4. The van der Waals surface area contributed by atoms with E-state index in [9.17, 15) is 28.2 Å². The molecule has 2 aromatic carbocycles. The topological polar surface area (TPSA) is 114 Å². The molecule has 0 aliphatic carbocycles. The van der Waals surface area contributed by atoms with Gasteiger partial charge in [0.05, 0.1) is 11.1 Å². The van der Waals surface area contributed by atoms with E-state index < -0.39 is 23.8 Å². The zero-order valence-electron chi connectivity index (χ0n) is 15.3. The number of primary amides is 1. The number of benzene rings is 2. The van der Waals surface area contributed by atoms with Gasteiger partial charge in [-0.3, -0.25) is 4.79 Å². The normalized spacial score (nSPS) is 12.4. The summed E-state index contributed by atoms with van der Waals surface area (Å²) in [5, 5.41) is 22.3. The van der Waals surface area contributed by atoms with Crippen molar-refractivity contribution in [1.29, 1.82) is 0 Å². The number of aromatic hydroxyl groups is 1. The van der Waals surface area contributed by atoms with Gasteiger partial charge < -0.3 is 30.7 Å². The Labute approximate surface area is 164 Å². The van der Waals surface area contributed by atoms with Gasteiger partial charge in [0.2, 0.25) is 0 Å². The average Bonchev–Trinajstić information content (AvgIpc) is 2.66. The lowest BCUT2D eigenvalue weighted by atomic mass is 10.2. The molecule has 1 atom stereocenters. The first kappa shape index (κ1) is 22.3. The molecule has 7 nitrogen and oxygen atoms in total. The molecule has 0 spiro atoms. The van der Waals surface area contributed by atoms with Crippen LogP contribution in [0.4, 0.5) is 13.2 Å². The lowest BCUT2D eigenvalue weighted by Gasteiger charge is -2.15. The number of aliphatic hydroxyl groups excluding tert-OH is 1. The Kier molecular flexibility index (Phi) is 7.68. The minimum Gasteiger partial charge on any atom is -0.507 e. The molecule has 0 heterocycles. The highest BCUT2D eigenvalue weighted by Gasteiger charge is 2.30. The first-order valence-electron chi connectivity index (χ1n) is 8.61. The summed E-state index contributed by atoms with van der Waals surface area (Å²) in [6, 6.07) is 8.48. The molecule has 0 bridgehead atoms. The van der Waals surface area contributed by atoms with Crippen molar-refractivity contribution in [2.24, 2.45) is 5.73 Å². The van der Waals surface area contributed by atoms with E-state index in [-0.39, 0.29) is 36.8 Å². The fourth-order valence-electron chi connectivity index (χ4n) is 2.33. The Morgan fingerprint density at radius 2 is 1.86 bits per heavy atom. The quantitative estimate of drug-likeness (QED) is 0.442. The van der Waals surface area contributed by atoms with Crippen molar-refractivity contribution in [3.05, 3.63) is 53.6 Å². The van der Waals surface area contributed by atoms with Crippen molar-refractivity contribution in [3.63, 3.8) is 0 Å². The number of hydrogen-bond donors (Lipinski definition) is 4. The third kappa shape index (κ3) is 7.16. The molecule has 0 aliphatic heterocycles. The van der Waals surface area contributed by atoms with E-state index >= 15 is 0 Å². The first-order chi connectivity index (χ1) is 13.7. The van der Waals surface area contributed by atoms with Gasteiger partial charge in [-0.05, 0) is 36.4 Å². The summed E-state index contributed by atoms with van der Waals surface area (Å²) in [5.41, 5.74) is 4.25. The van der Waals surface area contributed by atoms with E-state index in [0.717, 1.165) is 12.1 Å². The molecule has 0 aliphatic rings. The van der Waals surface area contributed by atoms with Crippen molar-refractivity contribution in [2.45, 2.75) is 12.3 Å². The number of hydrogen-bond acceptors (Lipinski definition) is 6. The van der Waals surface area contributed by atoms with E-state index in [4.69, 9.17) is 15.2 Å². The summed E-state index contributed by atoms with van der Waals surface area (Å²) in [6.07, 6.45) is -5.41. The van der Waals surface area contributed by atoms with E-state index in [2.05, 4.69) is 5.32 Å². The highest BCUT2D eigenvalue weighted by Crippen LogP contribution is 2.31. The molecule has 1 amide bonds. The highest BCUT2D eigenvalue weighted by molar-refractivity contribution is 5.95. The van der Waals surface area contributed by atoms with Crippen LogP contribution in [0.5, 0.6) is 17.2 Å². The van der Waals surface area contributed by atoms with Crippen LogP contribution in [-0.2, 0) is 6.18 Å². The Hall–Kier alpha value is -2.98. The molecule has 5 N–H and O–H groups in total. The van der Waals surface area contributed by atoms with Crippen molar-refractivity contribution in [2.75, 3.05) is 26.3 Å². The summed E-state index contributed by atoms with van der Waals surface area (Å²) in [5.74, 6) is -0.673. The van der Waals surface area contributed by atoms with Gasteiger partial charge in [-0.2, -0.15) is 13.2 Å². The Morgan fingerprint density at radius 3 is 2.55 bits per heavy atom. The Balaban J connectivity index is 1.68. The van der Waals surface area contributed by atoms with Gasteiger partial charge >= 0.3 is 6.18 Å². The molecular formula is C19H21F3N2O5. The van der Waals surface area contributed by atoms with Crippen LogP contribution in [0.15, 0.2) is 42.5 Å². The molecule has 0 radical (unpaired) electrons. The third-order valence-corrected chi connectivity index (χ3v) is 3.76. The van der Waals surface area contributed by atoms with Gasteiger partial charge in [-0.25, -0.2) is 0 Å². The van der Waals surface area contributed by atoms with Crippen LogP contribution >= 0.6 is 0 Å². The number of carbonyl (C=O) groups excluding carboxylic acids is 1. The van der Waals surface area contributed by atoms with Crippen LogP contribution < -0.4 is 20.5 Å². The summed E-state index contributed by atoms with van der Waals surface area (Å²) >= 11 is 0. The Morgan fingerprint density at radius 1 is 1.14 bits per heavy atom. The lowest BCUT2D eigenvalue weighted by Crippen LogP contribution is -2.33. The molecule has 2 aromatic rings. The van der Waals surface area contributed by atoms with Crippen molar-refractivity contribution in [3.8, 4) is 17.2 Å². The van der Waals surface area contributed by atoms with Crippen molar-refractivity contribution >= 4 is 5.91 Å². The minimum atomic E-state index is -4.46. The monoisotopic (exact) mass is 414 g/mol. The third-order valence-electron chi connectivity index (χ3n) is 3.76. The second-order valence-electron chi connectivity index (χ2n) is 6.09. The van der Waals surface area contributed by atoms with Gasteiger partial charge in [0.25, 0.3) is 5.91 Å². The predicted octanol–water partition coefficient (Wildman–Crippen LogP) is 1.92. The molecule has 1 unspecified atom stereocenters. The molecule has 29 heavy (non-hydrogen) atoms. The van der Waals surface area contributed by atoms with E-state index in [1.165, 1.54) is 30.3 Å². The summed E-state index contributed by atoms with van der Waals surface area (Å²) in [7, 11) is 0. The molecule has 2 rings (SSSR count). The van der Waals surface area contributed by atoms with E-state index in [1.807, 2.05) is 0 Å². The van der Waals surface area contributed by atoms with Crippen LogP contribution in [0.25, 0.3) is 0 Å². The number of ether oxygens (including phenoxy) is 2. The molecule has 158 valence electrons. The van der Waals surface area contributed by atoms with Gasteiger partial charge in [0.15, 0.2) is 0 Å². The van der Waals surface area contributed by atoms with Crippen LogP contribution in [0.3, 0.4) is 0 Å². The standard InChI is InChI=1S/C19H21F3N2O5/c20-19(21,22)12-2-1-3-14(8-12)29-11-13(25)10-24-6-7-28-15-4-5-17(26)16(9-15)18(23)27/h1-5,8-9,13,24-26H,6-7,10-11H2,(H2,23,27). The smallest absolute Gasteiger partial charge is 0.416 e. The average molecular weight is 414 g/mol. The largest absolute Gasteiger partial charge is 0.507 e. The fraction of sp³-hybridized carbons (Fsp3) is 0.316. The summed E-state index contributed by atoms with van der Waals surface area (Å²) < 4.78 is 48.5. The van der Waals surface area contributed by atoms with E-state index in [0.29, 0.717) is 12.3 Å². The number of nitrogens with two attached hydrogens (primary N) is 1. The predicted molar refractivity (Wildman–Crippen MR) is 97.9 cm³/mol. The van der Waals surface area contributed by atoms with Crippen LogP contribution in [0, 0.1) is 0 Å². The van der Waals surface area contributed by atoms with Gasteiger partial charge in [0, 0.05) is 13.1 Å². The zero-order valence-corrected chi connectivity index (χ0v) is 15.3. The van der Waals surface area contributed by atoms with E-state index in [1.54, 1.807) is 0 Å². The number of phenols is 1. The SMILES string of the molecule is NC(=O)c1cc(OCCNCC(O)COc2cccc(C(F)(F)F)c2)ccc1O. The molecule has 0 fully saturated rings. The molecule has 10 heteroatoms. The van der Waals surface area contributed by atoms with Gasteiger partial charge in [-0.1, -0.05) is 6.07 Å². The maximum atomic E-state index is 12.6. The summed E-state index contributed by atoms with van der Waals surface area (Å²) in [6.45, 7) is 0.483. The first-order valence-corrected chi connectivity index (χ1v) is 8.61. The maximum absolute atomic E-state index is 12.6. The van der Waals surface area contributed by atoms with Crippen LogP contribution in [0.1, 0.15) is 15.9 Å². The second kappa shape index (κ2) is 9.99. The fourth-order valence-corrected chi connectivity index (χ4v) is 2.33. The maximum Gasteiger partial charge on any atom is 0.416 e. The number of aliphatic hydroxyl groups is 1. The van der Waals surface area contributed by atoms with Crippen molar-refractivity contribution < 1.29 is 37.7 Å². The van der Waals surface area contributed by atoms with Gasteiger partial charge in [-0.15, -0.1) is 0 Å². The minimum absolute atomic E-state index is 0.0137. The Bertz CT molecular complexity index is 830. The number of amides is 1. The number of carbonyl (C=O) groups is 1. The molecule has 0 aromatic heterocycles. The second-order valence-corrected chi connectivity index (χ2v) is 6.09. The van der Waals surface area contributed by atoms with Crippen LogP contribution in [0.2, 0.25) is 0 Å². The molecule has 0 saturated carbocycles. The zero-order chi connectivity index (χ0) is 21.4. The number of rotatable bonds is 10. The molecular weight excluding hydrogens is 393 g/mol. The summed E-state index contributed by atoms with van der Waals surface area (Å²) in [4.78, 5) is 11.2. The number of nitrogens with one attached hydrogen (secondary N) is 1. The van der Waals surface area contributed by atoms with Gasteiger partial charge in [0.1, 0.15) is 36.6 Å². The van der Waals surface area contributed by atoms with Crippen molar-refractivity contribution in [1.82, 2.24) is 5.32 Å². The van der Waals surface area contributed by atoms with Crippen LogP contribution in [-0.4, -0.2) is 48.5 Å².